The number of halogens is 1. The number of alkyl halides is 1. The van der Waals surface area contributed by atoms with Crippen LogP contribution in [0.25, 0.3) is 17.0 Å². The number of ether oxygens (including phenoxy) is 1. The second-order valence-electron chi connectivity index (χ2n) is 6.73. The van der Waals surface area contributed by atoms with Crippen LogP contribution in [0, 0.1) is 0 Å². The topological polar surface area (TPSA) is 63.5 Å². The lowest BCUT2D eigenvalue weighted by Crippen LogP contribution is -2.29. The van der Waals surface area contributed by atoms with Gasteiger partial charge in [0.1, 0.15) is 23.4 Å². The number of imidazole rings is 1. The Morgan fingerprint density at radius 1 is 1.31 bits per heavy atom. The van der Waals surface area contributed by atoms with Crippen LogP contribution >= 0.6 is 0 Å². The van der Waals surface area contributed by atoms with Crippen LogP contribution in [0.2, 0.25) is 0 Å². The van der Waals surface area contributed by atoms with Gasteiger partial charge in [-0.3, -0.25) is 4.40 Å². The van der Waals surface area contributed by atoms with Gasteiger partial charge in [-0.2, -0.15) is 0 Å². The number of hydrogen-bond donors (Lipinski definition) is 2. The predicted octanol–water partition coefficient (Wildman–Crippen LogP) is 2.91. The molecule has 4 heterocycles. The maximum Gasteiger partial charge on any atom is 0.140 e. The lowest BCUT2D eigenvalue weighted by atomic mass is 10.2. The molecule has 3 aromatic rings. The summed E-state index contributed by atoms with van der Waals surface area (Å²) in [6.45, 7) is 4.96. The van der Waals surface area contributed by atoms with Crippen molar-refractivity contribution in [3.63, 3.8) is 0 Å². The summed E-state index contributed by atoms with van der Waals surface area (Å²) in [7, 11) is 0. The minimum absolute atomic E-state index is 0.112. The van der Waals surface area contributed by atoms with Gasteiger partial charge in [-0.15, -0.1) is 0 Å². The molecule has 1 saturated heterocycles. The summed E-state index contributed by atoms with van der Waals surface area (Å²) in [5.41, 5.74) is 2.45. The molecule has 6 nitrogen and oxygen atoms in total. The van der Waals surface area contributed by atoms with Gasteiger partial charge in [-0.25, -0.2) is 14.4 Å². The summed E-state index contributed by atoms with van der Waals surface area (Å²) in [5.74, 6) is 1.45. The van der Waals surface area contributed by atoms with Crippen molar-refractivity contribution in [1.82, 2.24) is 19.7 Å². The largest absolute Gasteiger partial charge is 0.491 e. The van der Waals surface area contributed by atoms with Crippen LogP contribution in [0.3, 0.4) is 0 Å². The Kier molecular flexibility index (Phi) is 4.46. The summed E-state index contributed by atoms with van der Waals surface area (Å²) in [6, 6.07) is 9.26. The zero-order valence-corrected chi connectivity index (χ0v) is 14.8. The first-order chi connectivity index (χ1) is 12.6. The Morgan fingerprint density at radius 3 is 2.96 bits per heavy atom. The maximum atomic E-state index is 13.8. The van der Waals surface area contributed by atoms with E-state index in [0.29, 0.717) is 18.9 Å². The SMILES string of the molecule is CC(C)Oc1ccn2c(-c3cccc(NC4CNCC4F)n3)cnc2c1. The fourth-order valence-corrected chi connectivity index (χ4v) is 3.13. The Bertz CT molecular complexity index is 910. The molecule has 1 aliphatic rings. The molecule has 2 unspecified atom stereocenters. The molecular formula is C19H22FN5O. The average Bonchev–Trinajstić information content (AvgIpc) is 3.21. The molecule has 4 rings (SSSR count). The highest BCUT2D eigenvalue weighted by molar-refractivity contribution is 5.63. The number of aromatic nitrogens is 3. The fourth-order valence-electron chi connectivity index (χ4n) is 3.13. The van der Waals surface area contributed by atoms with Crippen molar-refractivity contribution in [2.75, 3.05) is 18.4 Å². The number of nitrogens with one attached hydrogen (secondary N) is 2. The molecule has 0 amide bonds. The van der Waals surface area contributed by atoms with Gasteiger partial charge in [0, 0.05) is 25.4 Å². The molecule has 7 heteroatoms. The third-order valence-corrected chi connectivity index (χ3v) is 4.34. The second-order valence-corrected chi connectivity index (χ2v) is 6.73. The van der Waals surface area contributed by atoms with E-state index in [4.69, 9.17) is 4.74 Å². The van der Waals surface area contributed by atoms with E-state index in [9.17, 15) is 4.39 Å². The monoisotopic (exact) mass is 355 g/mol. The summed E-state index contributed by atoms with van der Waals surface area (Å²) in [6.07, 6.45) is 2.92. The minimum atomic E-state index is -0.907. The van der Waals surface area contributed by atoms with Gasteiger partial charge in [-0.1, -0.05) is 6.07 Å². The molecule has 0 aromatic carbocycles. The van der Waals surface area contributed by atoms with Crippen molar-refractivity contribution in [3.05, 3.63) is 42.7 Å². The Hall–Kier alpha value is -2.67. The Balaban J connectivity index is 1.62. The molecule has 3 aromatic heterocycles. The van der Waals surface area contributed by atoms with E-state index in [1.54, 1.807) is 6.20 Å². The Labute approximate surface area is 151 Å². The number of nitrogens with zero attached hydrogens (tertiary/aromatic N) is 3. The van der Waals surface area contributed by atoms with Crippen LogP contribution in [0.1, 0.15) is 13.8 Å². The van der Waals surface area contributed by atoms with Gasteiger partial charge in [0.15, 0.2) is 0 Å². The van der Waals surface area contributed by atoms with Crippen LogP contribution in [-0.2, 0) is 0 Å². The normalized spacial score (nSPS) is 20.0. The lowest BCUT2D eigenvalue weighted by Gasteiger charge is -2.15. The molecule has 1 aliphatic heterocycles. The summed E-state index contributed by atoms with van der Waals surface area (Å²) in [5, 5.41) is 6.21. The first kappa shape index (κ1) is 16.8. The molecule has 0 saturated carbocycles. The highest BCUT2D eigenvalue weighted by Crippen LogP contribution is 2.24. The molecule has 0 radical (unpaired) electrons. The third kappa shape index (κ3) is 3.35. The average molecular weight is 355 g/mol. The number of rotatable bonds is 5. The first-order valence-corrected chi connectivity index (χ1v) is 8.82. The van der Waals surface area contributed by atoms with Crippen molar-refractivity contribution in [2.24, 2.45) is 0 Å². The number of hydrogen-bond acceptors (Lipinski definition) is 5. The molecule has 0 aliphatic carbocycles. The van der Waals surface area contributed by atoms with E-state index in [1.807, 2.05) is 54.8 Å². The lowest BCUT2D eigenvalue weighted by molar-refractivity contribution is 0.242. The van der Waals surface area contributed by atoms with Crippen LogP contribution in [0.4, 0.5) is 10.2 Å². The molecular weight excluding hydrogens is 333 g/mol. The molecule has 1 fully saturated rings. The van der Waals surface area contributed by atoms with E-state index in [-0.39, 0.29) is 12.1 Å². The summed E-state index contributed by atoms with van der Waals surface area (Å²) in [4.78, 5) is 9.10. The molecule has 0 spiro atoms. The van der Waals surface area contributed by atoms with Crippen LogP contribution in [0.5, 0.6) is 5.75 Å². The molecule has 2 N–H and O–H groups in total. The van der Waals surface area contributed by atoms with Gasteiger partial charge < -0.3 is 15.4 Å². The van der Waals surface area contributed by atoms with Crippen LogP contribution < -0.4 is 15.4 Å². The fraction of sp³-hybridized carbons (Fsp3) is 0.368. The van der Waals surface area contributed by atoms with E-state index < -0.39 is 6.17 Å². The molecule has 0 bridgehead atoms. The van der Waals surface area contributed by atoms with E-state index >= 15 is 0 Å². The van der Waals surface area contributed by atoms with Gasteiger partial charge in [0.05, 0.1) is 29.7 Å². The van der Waals surface area contributed by atoms with Gasteiger partial charge in [0.2, 0.25) is 0 Å². The molecule has 26 heavy (non-hydrogen) atoms. The zero-order valence-electron chi connectivity index (χ0n) is 14.8. The molecule has 2 atom stereocenters. The highest BCUT2D eigenvalue weighted by Gasteiger charge is 2.26. The Morgan fingerprint density at radius 2 is 2.19 bits per heavy atom. The van der Waals surface area contributed by atoms with Gasteiger partial charge in [0.25, 0.3) is 0 Å². The predicted molar refractivity (Wildman–Crippen MR) is 99.4 cm³/mol. The van der Waals surface area contributed by atoms with Crippen molar-refractivity contribution < 1.29 is 9.13 Å². The van der Waals surface area contributed by atoms with Crippen LogP contribution in [-0.4, -0.2) is 45.8 Å². The summed E-state index contributed by atoms with van der Waals surface area (Å²) >= 11 is 0. The van der Waals surface area contributed by atoms with Crippen molar-refractivity contribution in [2.45, 2.75) is 32.2 Å². The summed E-state index contributed by atoms with van der Waals surface area (Å²) < 4.78 is 21.5. The number of anilines is 1. The second kappa shape index (κ2) is 6.92. The van der Waals surface area contributed by atoms with Gasteiger partial charge >= 0.3 is 0 Å². The quantitative estimate of drug-likeness (QED) is 0.737. The standard InChI is InChI=1S/C19H22FN5O/c1-12(2)26-13-6-7-25-17(11-22-19(25)8-13)15-4-3-5-18(23-15)24-16-10-21-9-14(16)20/h3-8,11-12,14,16,21H,9-10H2,1-2H3,(H,23,24). The smallest absolute Gasteiger partial charge is 0.140 e. The van der Waals surface area contributed by atoms with E-state index in [0.717, 1.165) is 22.8 Å². The van der Waals surface area contributed by atoms with Crippen molar-refractivity contribution in [1.29, 1.82) is 0 Å². The van der Waals surface area contributed by atoms with E-state index in [2.05, 4.69) is 20.6 Å². The van der Waals surface area contributed by atoms with Crippen molar-refractivity contribution >= 4 is 11.5 Å². The zero-order chi connectivity index (χ0) is 18.1. The first-order valence-electron chi connectivity index (χ1n) is 8.82. The third-order valence-electron chi connectivity index (χ3n) is 4.34. The molecule has 136 valence electrons. The number of pyridine rings is 2. The van der Waals surface area contributed by atoms with Crippen LogP contribution in [0.15, 0.2) is 42.7 Å². The van der Waals surface area contributed by atoms with Gasteiger partial charge in [-0.05, 0) is 32.0 Å². The van der Waals surface area contributed by atoms with E-state index in [1.165, 1.54) is 0 Å². The maximum absolute atomic E-state index is 13.8. The highest BCUT2D eigenvalue weighted by atomic mass is 19.1. The minimum Gasteiger partial charge on any atom is -0.491 e. The van der Waals surface area contributed by atoms with Crippen molar-refractivity contribution in [3.8, 4) is 17.1 Å². The number of fused-ring (bicyclic) bond motifs is 1.